The molecule has 0 aliphatic rings. The zero-order valence-electron chi connectivity index (χ0n) is 6.57. The summed E-state index contributed by atoms with van der Waals surface area (Å²) >= 11 is 11.1. The summed E-state index contributed by atoms with van der Waals surface area (Å²) in [5, 5.41) is 2.79. The number of anilines is 1. The molecule has 1 aromatic carbocycles. The molecular weight excluding hydrogens is 212 g/mol. The number of halogens is 3. The molecule has 0 fully saturated rings. The minimum atomic E-state index is -0.616. The van der Waals surface area contributed by atoms with Gasteiger partial charge in [0.15, 0.2) is 5.82 Å². The van der Waals surface area contributed by atoms with Gasteiger partial charge in [-0.1, -0.05) is 29.1 Å². The lowest BCUT2D eigenvalue weighted by atomic mass is 10.3. The zero-order chi connectivity index (χ0) is 9.84. The standard InChI is InChI=1S/C9H6Cl2FN/c1-2-3-13-6-4-7(10)9(12)8(11)5-6/h1,4-5,13H,3H2. The third kappa shape index (κ3) is 2.51. The van der Waals surface area contributed by atoms with E-state index in [-0.39, 0.29) is 10.0 Å². The van der Waals surface area contributed by atoms with E-state index in [1.54, 1.807) is 0 Å². The van der Waals surface area contributed by atoms with Crippen molar-refractivity contribution in [3.63, 3.8) is 0 Å². The SMILES string of the molecule is C#CCNc1cc(Cl)c(F)c(Cl)c1. The molecule has 1 N–H and O–H groups in total. The van der Waals surface area contributed by atoms with Gasteiger partial charge in [0, 0.05) is 5.69 Å². The van der Waals surface area contributed by atoms with Crippen molar-refractivity contribution in [2.75, 3.05) is 11.9 Å². The Morgan fingerprint density at radius 3 is 2.38 bits per heavy atom. The highest BCUT2D eigenvalue weighted by atomic mass is 35.5. The Hall–Kier alpha value is -0.910. The lowest BCUT2D eigenvalue weighted by Crippen LogP contribution is -1.98. The Labute approximate surface area is 85.8 Å². The van der Waals surface area contributed by atoms with Gasteiger partial charge >= 0.3 is 0 Å². The number of terminal acetylenes is 1. The van der Waals surface area contributed by atoms with E-state index in [2.05, 4.69) is 11.2 Å². The zero-order valence-corrected chi connectivity index (χ0v) is 8.08. The van der Waals surface area contributed by atoms with Gasteiger partial charge in [0.1, 0.15) is 0 Å². The highest BCUT2D eigenvalue weighted by Crippen LogP contribution is 2.26. The van der Waals surface area contributed by atoms with Crippen molar-refractivity contribution in [2.45, 2.75) is 0 Å². The second-order valence-electron chi connectivity index (χ2n) is 2.31. The van der Waals surface area contributed by atoms with Crippen LogP contribution in [0.1, 0.15) is 0 Å². The molecule has 0 saturated carbocycles. The summed E-state index contributed by atoms with van der Waals surface area (Å²) in [4.78, 5) is 0. The summed E-state index contributed by atoms with van der Waals surface area (Å²) in [5.41, 5.74) is 0.606. The summed E-state index contributed by atoms with van der Waals surface area (Å²) in [7, 11) is 0. The third-order valence-corrected chi connectivity index (χ3v) is 1.93. The van der Waals surface area contributed by atoms with Crippen molar-refractivity contribution in [1.29, 1.82) is 0 Å². The van der Waals surface area contributed by atoms with Gasteiger partial charge in [0.05, 0.1) is 16.6 Å². The monoisotopic (exact) mass is 217 g/mol. The quantitative estimate of drug-likeness (QED) is 0.593. The summed E-state index contributed by atoms with van der Waals surface area (Å²) < 4.78 is 12.9. The van der Waals surface area contributed by atoms with E-state index in [1.165, 1.54) is 12.1 Å². The molecule has 0 amide bonds. The third-order valence-electron chi connectivity index (χ3n) is 1.38. The largest absolute Gasteiger partial charge is 0.374 e. The number of benzene rings is 1. The van der Waals surface area contributed by atoms with Gasteiger partial charge in [0.25, 0.3) is 0 Å². The summed E-state index contributed by atoms with van der Waals surface area (Å²) in [6, 6.07) is 2.86. The summed E-state index contributed by atoms with van der Waals surface area (Å²) in [6.07, 6.45) is 5.03. The number of rotatable bonds is 2. The highest BCUT2D eigenvalue weighted by Gasteiger charge is 2.06. The first kappa shape index (κ1) is 10.2. The van der Waals surface area contributed by atoms with E-state index >= 15 is 0 Å². The number of hydrogen-bond donors (Lipinski definition) is 1. The molecule has 0 radical (unpaired) electrons. The van der Waals surface area contributed by atoms with E-state index in [9.17, 15) is 4.39 Å². The maximum absolute atomic E-state index is 12.9. The summed E-state index contributed by atoms with van der Waals surface area (Å²) in [5.74, 6) is 1.76. The molecule has 1 rings (SSSR count). The molecule has 0 aliphatic carbocycles. The Morgan fingerprint density at radius 2 is 1.92 bits per heavy atom. The van der Waals surface area contributed by atoms with Crippen molar-refractivity contribution in [3.05, 3.63) is 28.0 Å². The topological polar surface area (TPSA) is 12.0 Å². The fourth-order valence-corrected chi connectivity index (χ4v) is 1.30. The van der Waals surface area contributed by atoms with Crippen LogP contribution in [0, 0.1) is 18.2 Å². The van der Waals surface area contributed by atoms with Crippen LogP contribution >= 0.6 is 23.2 Å². The average molecular weight is 218 g/mol. The van der Waals surface area contributed by atoms with E-state index < -0.39 is 5.82 Å². The van der Waals surface area contributed by atoms with Gasteiger partial charge in [-0.15, -0.1) is 6.42 Å². The van der Waals surface area contributed by atoms with Crippen molar-refractivity contribution in [3.8, 4) is 12.3 Å². The molecule has 0 saturated heterocycles. The highest BCUT2D eigenvalue weighted by molar-refractivity contribution is 6.35. The molecule has 0 bridgehead atoms. The minimum absolute atomic E-state index is 0.0213. The second kappa shape index (κ2) is 4.36. The van der Waals surface area contributed by atoms with Crippen LogP contribution in [0.2, 0.25) is 10.0 Å². The molecule has 13 heavy (non-hydrogen) atoms. The molecule has 1 aromatic rings. The first-order valence-corrected chi connectivity index (χ1v) is 4.22. The van der Waals surface area contributed by atoms with Crippen LogP contribution in [0.3, 0.4) is 0 Å². The van der Waals surface area contributed by atoms with Crippen molar-refractivity contribution in [1.82, 2.24) is 0 Å². The number of nitrogens with one attached hydrogen (secondary N) is 1. The number of hydrogen-bond acceptors (Lipinski definition) is 1. The predicted octanol–water partition coefficient (Wildman–Crippen LogP) is 3.18. The van der Waals surface area contributed by atoms with E-state index in [1.807, 2.05) is 0 Å². The molecule has 0 heterocycles. The average Bonchev–Trinajstić information content (AvgIpc) is 2.10. The first-order chi connectivity index (χ1) is 6.15. The Bertz CT molecular complexity index is 334. The lowest BCUT2D eigenvalue weighted by molar-refractivity contribution is 0.629. The van der Waals surface area contributed by atoms with E-state index in [0.29, 0.717) is 12.2 Å². The van der Waals surface area contributed by atoms with Crippen LogP contribution in [-0.4, -0.2) is 6.54 Å². The van der Waals surface area contributed by atoms with Crippen molar-refractivity contribution >= 4 is 28.9 Å². The molecule has 0 spiro atoms. The smallest absolute Gasteiger partial charge is 0.160 e. The maximum Gasteiger partial charge on any atom is 0.160 e. The van der Waals surface area contributed by atoms with Crippen LogP contribution in [0.15, 0.2) is 12.1 Å². The van der Waals surface area contributed by atoms with E-state index in [4.69, 9.17) is 29.6 Å². The van der Waals surface area contributed by atoms with Crippen LogP contribution in [0.25, 0.3) is 0 Å². The lowest BCUT2D eigenvalue weighted by Gasteiger charge is -2.04. The maximum atomic E-state index is 12.9. The van der Waals surface area contributed by atoms with Crippen molar-refractivity contribution < 1.29 is 4.39 Å². The molecule has 0 aliphatic heterocycles. The molecule has 0 aromatic heterocycles. The second-order valence-corrected chi connectivity index (χ2v) is 3.13. The van der Waals surface area contributed by atoms with Gasteiger partial charge < -0.3 is 5.32 Å². The van der Waals surface area contributed by atoms with Crippen LogP contribution in [0.4, 0.5) is 10.1 Å². The molecule has 68 valence electrons. The van der Waals surface area contributed by atoms with Gasteiger partial charge in [-0.3, -0.25) is 0 Å². The molecular formula is C9H6Cl2FN. The Kier molecular flexibility index (Phi) is 3.41. The van der Waals surface area contributed by atoms with Gasteiger partial charge in [-0.2, -0.15) is 0 Å². The van der Waals surface area contributed by atoms with Gasteiger partial charge in [-0.05, 0) is 12.1 Å². The van der Waals surface area contributed by atoms with Crippen LogP contribution < -0.4 is 5.32 Å². The first-order valence-electron chi connectivity index (χ1n) is 3.47. The van der Waals surface area contributed by atoms with Crippen LogP contribution in [-0.2, 0) is 0 Å². The molecule has 0 unspecified atom stereocenters. The Morgan fingerprint density at radius 1 is 1.38 bits per heavy atom. The fraction of sp³-hybridized carbons (Fsp3) is 0.111. The Balaban J connectivity index is 2.94. The summed E-state index contributed by atoms with van der Waals surface area (Å²) in [6.45, 7) is 0.346. The van der Waals surface area contributed by atoms with Crippen LogP contribution in [0.5, 0.6) is 0 Å². The van der Waals surface area contributed by atoms with Crippen molar-refractivity contribution in [2.24, 2.45) is 0 Å². The van der Waals surface area contributed by atoms with E-state index in [0.717, 1.165) is 0 Å². The molecule has 1 nitrogen and oxygen atoms in total. The fourth-order valence-electron chi connectivity index (χ4n) is 0.811. The minimum Gasteiger partial charge on any atom is -0.374 e. The molecule has 0 atom stereocenters. The predicted molar refractivity (Wildman–Crippen MR) is 53.7 cm³/mol. The van der Waals surface area contributed by atoms with Gasteiger partial charge in [-0.25, -0.2) is 4.39 Å². The molecule has 4 heteroatoms. The normalized spacial score (nSPS) is 9.38. The van der Waals surface area contributed by atoms with Gasteiger partial charge in [0.2, 0.25) is 0 Å².